The molecule has 0 aliphatic heterocycles. The average Bonchev–Trinajstić information content (AvgIpc) is 2.64. The molecule has 27 heavy (non-hydrogen) atoms. The van der Waals surface area contributed by atoms with Crippen LogP contribution in [0.4, 0.5) is 4.39 Å². The van der Waals surface area contributed by atoms with Crippen molar-refractivity contribution in [2.75, 3.05) is 13.2 Å². The van der Waals surface area contributed by atoms with Gasteiger partial charge < -0.3 is 9.84 Å². The first-order valence-electron chi connectivity index (χ1n) is 9.33. The van der Waals surface area contributed by atoms with Crippen LogP contribution in [0.25, 0.3) is 0 Å². The van der Waals surface area contributed by atoms with Gasteiger partial charge in [0.05, 0.1) is 0 Å². The first-order valence-corrected chi connectivity index (χ1v) is 9.33. The summed E-state index contributed by atoms with van der Waals surface area (Å²) in [4.78, 5) is 13.6. The minimum atomic E-state index is -0.782. The lowest BCUT2D eigenvalue weighted by atomic mass is 10.1. The third kappa shape index (κ3) is 7.49. The van der Waals surface area contributed by atoms with Crippen molar-refractivity contribution in [2.45, 2.75) is 45.9 Å². The molecule has 1 N–H and O–H groups in total. The predicted octanol–water partition coefficient (Wildman–Crippen LogP) is 3.84. The average molecular weight is 373 g/mol. The minimum Gasteiger partial charge on any atom is -0.463 e. The Morgan fingerprint density at radius 3 is 2.52 bits per heavy atom. The molecule has 1 unspecified atom stereocenters. The van der Waals surface area contributed by atoms with E-state index in [-0.39, 0.29) is 18.4 Å². The van der Waals surface area contributed by atoms with Crippen molar-refractivity contribution in [3.05, 3.63) is 71.0 Å². The molecule has 0 amide bonds. The van der Waals surface area contributed by atoms with E-state index in [1.807, 2.05) is 32.0 Å². The van der Waals surface area contributed by atoms with E-state index in [0.717, 1.165) is 17.5 Å². The lowest BCUT2D eigenvalue weighted by Gasteiger charge is -2.26. The van der Waals surface area contributed by atoms with Gasteiger partial charge in [0.25, 0.3) is 0 Å². The van der Waals surface area contributed by atoms with Crippen molar-refractivity contribution < 1.29 is 19.0 Å². The third-order valence-electron chi connectivity index (χ3n) is 4.33. The second-order valence-electron chi connectivity index (χ2n) is 6.81. The van der Waals surface area contributed by atoms with Gasteiger partial charge in [-0.2, -0.15) is 0 Å². The highest BCUT2D eigenvalue weighted by Crippen LogP contribution is 2.14. The van der Waals surface area contributed by atoms with Gasteiger partial charge in [0.1, 0.15) is 18.5 Å². The van der Waals surface area contributed by atoms with Crippen LogP contribution in [-0.2, 0) is 22.6 Å². The lowest BCUT2D eigenvalue weighted by molar-refractivity contribution is -0.147. The first-order chi connectivity index (χ1) is 13.0. The predicted molar refractivity (Wildman–Crippen MR) is 104 cm³/mol. The Labute approximate surface area is 160 Å². The molecule has 0 saturated heterocycles. The second-order valence-corrected chi connectivity index (χ2v) is 6.81. The van der Waals surface area contributed by atoms with E-state index in [4.69, 9.17) is 4.74 Å². The van der Waals surface area contributed by atoms with Crippen molar-refractivity contribution >= 4 is 5.97 Å². The number of hydrogen-bond acceptors (Lipinski definition) is 4. The third-order valence-corrected chi connectivity index (χ3v) is 4.33. The molecule has 0 aliphatic carbocycles. The van der Waals surface area contributed by atoms with Gasteiger partial charge >= 0.3 is 5.97 Å². The lowest BCUT2D eigenvalue weighted by Crippen LogP contribution is -2.35. The molecular formula is C22H28FNO3. The highest BCUT2D eigenvalue weighted by Gasteiger charge is 2.16. The van der Waals surface area contributed by atoms with E-state index >= 15 is 0 Å². The maximum atomic E-state index is 13.2. The molecule has 0 fully saturated rings. The normalized spacial score (nSPS) is 12.2. The highest BCUT2D eigenvalue weighted by atomic mass is 19.1. The molecule has 0 saturated carbocycles. The molecule has 0 radical (unpaired) electrons. The van der Waals surface area contributed by atoms with Gasteiger partial charge in [-0.05, 0) is 42.2 Å². The number of aliphatic hydroxyl groups excluding tert-OH is 1. The van der Waals surface area contributed by atoms with Gasteiger partial charge in [-0.25, -0.2) is 4.39 Å². The SMILES string of the molecule is CCCC(=O)OCC(O)CN(Cc1ccc(F)cc1)Cc1ccccc1C. The summed E-state index contributed by atoms with van der Waals surface area (Å²) >= 11 is 0. The molecule has 2 rings (SSSR count). The largest absolute Gasteiger partial charge is 0.463 e. The summed E-state index contributed by atoms with van der Waals surface area (Å²) in [6, 6.07) is 14.4. The van der Waals surface area contributed by atoms with Crippen molar-refractivity contribution in [3.63, 3.8) is 0 Å². The molecule has 0 aromatic heterocycles. The van der Waals surface area contributed by atoms with Gasteiger partial charge in [-0.3, -0.25) is 9.69 Å². The maximum Gasteiger partial charge on any atom is 0.305 e. The van der Waals surface area contributed by atoms with Gasteiger partial charge in [0, 0.05) is 26.1 Å². The van der Waals surface area contributed by atoms with E-state index in [9.17, 15) is 14.3 Å². The summed E-state index contributed by atoms with van der Waals surface area (Å²) < 4.78 is 18.3. The van der Waals surface area contributed by atoms with Crippen LogP contribution < -0.4 is 0 Å². The smallest absolute Gasteiger partial charge is 0.305 e. The Hall–Kier alpha value is -2.24. The molecule has 0 spiro atoms. The van der Waals surface area contributed by atoms with Crippen LogP contribution in [-0.4, -0.2) is 35.2 Å². The van der Waals surface area contributed by atoms with Crippen LogP contribution in [0.3, 0.4) is 0 Å². The molecule has 5 heteroatoms. The molecule has 0 bridgehead atoms. The van der Waals surface area contributed by atoms with Crippen LogP contribution in [0.2, 0.25) is 0 Å². The number of halogens is 1. The summed E-state index contributed by atoms with van der Waals surface area (Å²) in [5.41, 5.74) is 3.29. The fourth-order valence-electron chi connectivity index (χ4n) is 2.88. The molecule has 4 nitrogen and oxygen atoms in total. The number of carbonyl (C=O) groups excluding carboxylic acids is 1. The van der Waals surface area contributed by atoms with Crippen molar-refractivity contribution in [2.24, 2.45) is 0 Å². The number of esters is 1. The standard InChI is InChI=1S/C22H28FNO3/c1-3-6-22(26)27-16-21(25)15-24(13-18-9-11-20(23)12-10-18)14-19-8-5-4-7-17(19)2/h4-5,7-12,21,25H,3,6,13-16H2,1-2H3. The number of aryl methyl sites for hydroxylation is 1. The zero-order valence-corrected chi connectivity index (χ0v) is 16.0. The topological polar surface area (TPSA) is 49.8 Å². The number of benzene rings is 2. The number of aliphatic hydroxyl groups is 1. The molecule has 146 valence electrons. The van der Waals surface area contributed by atoms with E-state index in [1.54, 1.807) is 12.1 Å². The quantitative estimate of drug-likeness (QED) is 0.643. The molecule has 0 heterocycles. The zero-order chi connectivity index (χ0) is 19.6. The summed E-state index contributed by atoms with van der Waals surface area (Å²) in [5, 5.41) is 10.3. The fraction of sp³-hybridized carbons (Fsp3) is 0.409. The van der Waals surface area contributed by atoms with E-state index in [0.29, 0.717) is 26.1 Å². The summed E-state index contributed by atoms with van der Waals surface area (Å²) in [7, 11) is 0. The number of rotatable bonds is 10. The molecule has 2 aromatic rings. The maximum absolute atomic E-state index is 13.2. The molecular weight excluding hydrogens is 345 g/mol. The van der Waals surface area contributed by atoms with Crippen LogP contribution >= 0.6 is 0 Å². The number of hydrogen-bond donors (Lipinski definition) is 1. The van der Waals surface area contributed by atoms with Gasteiger partial charge in [-0.15, -0.1) is 0 Å². The first kappa shape index (κ1) is 21.1. The number of ether oxygens (including phenoxy) is 1. The molecule has 2 aromatic carbocycles. The van der Waals surface area contributed by atoms with Crippen LogP contribution in [0, 0.1) is 12.7 Å². The monoisotopic (exact) mass is 373 g/mol. The van der Waals surface area contributed by atoms with Crippen molar-refractivity contribution in [1.82, 2.24) is 4.90 Å². The van der Waals surface area contributed by atoms with Gasteiger partial charge in [0.15, 0.2) is 0 Å². The highest BCUT2D eigenvalue weighted by molar-refractivity contribution is 5.69. The van der Waals surface area contributed by atoms with Gasteiger partial charge in [-0.1, -0.05) is 43.3 Å². The van der Waals surface area contributed by atoms with E-state index in [1.165, 1.54) is 17.7 Å². The molecule has 1 atom stereocenters. The van der Waals surface area contributed by atoms with Crippen LogP contribution in [0.15, 0.2) is 48.5 Å². The second kappa shape index (κ2) is 10.8. The van der Waals surface area contributed by atoms with Crippen molar-refractivity contribution in [3.8, 4) is 0 Å². The number of carbonyl (C=O) groups is 1. The Morgan fingerprint density at radius 1 is 1.15 bits per heavy atom. The Morgan fingerprint density at radius 2 is 1.85 bits per heavy atom. The zero-order valence-electron chi connectivity index (χ0n) is 16.0. The van der Waals surface area contributed by atoms with E-state index < -0.39 is 6.10 Å². The summed E-state index contributed by atoms with van der Waals surface area (Å²) in [6.07, 6.45) is 0.295. The fourth-order valence-corrected chi connectivity index (χ4v) is 2.88. The van der Waals surface area contributed by atoms with Crippen LogP contribution in [0.5, 0.6) is 0 Å². The van der Waals surface area contributed by atoms with Crippen molar-refractivity contribution in [1.29, 1.82) is 0 Å². The Kier molecular flexibility index (Phi) is 8.43. The van der Waals surface area contributed by atoms with Gasteiger partial charge in [0.2, 0.25) is 0 Å². The Balaban J connectivity index is 2.03. The molecule has 0 aliphatic rings. The summed E-state index contributed by atoms with van der Waals surface area (Å²) in [5.74, 6) is -0.562. The van der Waals surface area contributed by atoms with Crippen LogP contribution in [0.1, 0.15) is 36.5 Å². The Bertz CT molecular complexity index is 718. The number of nitrogens with zero attached hydrogens (tertiary/aromatic N) is 1. The summed E-state index contributed by atoms with van der Waals surface area (Å²) in [6.45, 7) is 5.49. The minimum absolute atomic E-state index is 0.0213. The van der Waals surface area contributed by atoms with E-state index in [2.05, 4.69) is 11.0 Å².